The zero-order valence-electron chi connectivity index (χ0n) is 9.33. The Kier molecular flexibility index (Phi) is 4.33. The van der Waals surface area contributed by atoms with Crippen molar-refractivity contribution in [3.8, 4) is 0 Å². The third kappa shape index (κ3) is 2.81. The molecule has 2 nitrogen and oxygen atoms in total. The van der Waals surface area contributed by atoms with Crippen molar-refractivity contribution in [3.63, 3.8) is 0 Å². The van der Waals surface area contributed by atoms with Crippen molar-refractivity contribution in [1.29, 1.82) is 0 Å². The number of aldehydes is 1. The van der Waals surface area contributed by atoms with Crippen LogP contribution >= 0.6 is 15.9 Å². The number of nitrogens with zero attached hydrogens (tertiary/aromatic N) is 1. The summed E-state index contributed by atoms with van der Waals surface area (Å²) < 4.78 is 1.07. The highest BCUT2D eigenvalue weighted by atomic mass is 79.9. The maximum Gasteiger partial charge on any atom is 0.120 e. The van der Waals surface area contributed by atoms with E-state index in [1.54, 1.807) is 0 Å². The number of carbonyl (C=O) groups is 1. The molecule has 0 saturated heterocycles. The highest BCUT2D eigenvalue weighted by molar-refractivity contribution is 9.10. The number of hydrogen-bond acceptors (Lipinski definition) is 2. The average Bonchev–Trinajstić information content (AvgIpc) is 2.17. The first-order valence-electron chi connectivity index (χ1n) is 4.97. The molecule has 0 aliphatic heterocycles. The molecule has 0 aromatic heterocycles. The fourth-order valence-corrected chi connectivity index (χ4v) is 2.41. The lowest BCUT2D eigenvalue weighted by molar-refractivity contribution is -0.108. The van der Waals surface area contributed by atoms with E-state index in [4.69, 9.17) is 0 Å². The number of anilines is 1. The molecule has 0 N–H and O–H groups in total. The third-order valence-corrected chi connectivity index (χ3v) is 3.15. The van der Waals surface area contributed by atoms with Crippen LogP contribution in [0.25, 0.3) is 0 Å². The third-order valence-electron chi connectivity index (χ3n) is 2.45. The summed E-state index contributed by atoms with van der Waals surface area (Å²) in [6.45, 7) is 2.07. The van der Waals surface area contributed by atoms with E-state index in [1.807, 2.05) is 26.2 Å². The fraction of sp³-hybridized carbons (Fsp3) is 0.417. The van der Waals surface area contributed by atoms with Gasteiger partial charge in [-0.05, 0) is 23.6 Å². The van der Waals surface area contributed by atoms with Crippen molar-refractivity contribution in [3.05, 3.63) is 28.2 Å². The Balaban J connectivity index is 3.17. The molecule has 0 spiro atoms. The molecule has 1 unspecified atom stereocenters. The predicted octanol–water partition coefficient (Wildman–Crippen LogP) is 3.21. The van der Waals surface area contributed by atoms with Crippen LogP contribution in [0.3, 0.4) is 0 Å². The van der Waals surface area contributed by atoms with E-state index in [1.165, 1.54) is 11.3 Å². The van der Waals surface area contributed by atoms with E-state index in [0.29, 0.717) is 6.42 Å². The second kappa shape index (κ2) is 5.31. The van der Waals surface area contributed by atoms with Gasteiger partial charge in [-0.2, -0.15) is 0 Å². The van der Waals surface area contributed by atoms with E-state index in [0.717, 1.165) is 10.8 Å². The first-order chi connectivity index (χ1) is 7.07. The van der Waals surface area contributed by atoms with Crippen LogP contribution in [0.5, 0.6) is 0 Å². The first kappa shape index (κ1) is 12.2. The molecule has 0 aliphatic carbocycles. The Hall–Kier alpha value is -0.830. The molecule has 0 heterocycles. The van der Waals surface area contributed by atoms with Gasteiger partial charge in [-0.1, -0.05) is 28.9 Å². The second-order valence-corrected chi connectivity index (χ2v) is 4.72. The molecule has 1 rings (SSSR count). The second-order valence-electron chi connectivity index (χ2n) is 3.87. The van der Waals surface area contributed by atoms with Crippen LogP contribution in [0.1, 0.15) is 24.8 Å². The van der Waals surface area contributed by atoms with Crippen LogP contribution in [0.2, 0.25) is 0 Å². The summed E-state index contributed by atoms with van der Waals surface area (Å²) in [5, 5.41) is 0. The van der Waals surface area contributed by atoms with E-state index in [9.17, 15) is 4.79 Å². The van der Waals surface area contributed by atoms with Crippen molar-refractivity contribution in [2.75, 3.05) is 19.0 Å². The summed E-state index contributed by atoms with van der Waals surface area (Å²) in [4.78, 5) is 12.6. The monoisotopic (exact) mass is 269 g/mol. The van der Waals surface area contributed by atoms with Crippen molar-refractivity contribution in [1.82, 2.24) is 0 Å². The van der Waals surface area contributed by atoms with Gasteiger partial charge >= 0.3 is 0 Å². The lowest BCUT2D eigenvalue weighted by atomic mass is 9.96. The molecule has 0 fully saturated rings. The summed E-state index contributed by atoms with van der Waals surface area (Å²) >= 11 is 3.54. The minimum atomic E-state index is 0.246. The lowest BCUT2D eigenvalue weighted by Crippen LogP contribution is -2.13. The number of carbonyl (C=O) groups excluding carboxylic acids is 1. The maximum absolute atomic E-state index is 10.6. The topological polar surface area (TPSA) is 20.3 Å². The van der Waals surface area contributed by atoms with Crippen molar-refractivity contribution in [2.24, 2.45) is 0 Å². The standard InChI is InChI=1S/C12H16BrNO/c1-9(7-8-15)12-10(13)5-4-6-11(12)14(2)3/h4-6,8-9H,7H2,1-3H3. The molecule has 0 aliphatic rings. The molecular formula is C12H16BrNO. The van der Waals surface area contributed by atoms with Gasteiger partial charge in [0.15, 0.2) is 0 Å². The van der Waals surface area contributed by atoms with Gasteiger partial charge in [0.1, 0.15) is 6.29 Å². The smallest absolute Gasteiger partial charge is 0.120 e. The zero-order chi connectivity index (χ0) is 11.4. The average molecular weight is 270 g/mol. The first-order valence-corrected chi connectivity index (χ1v) is 5.76. The predicted molar refractivity (Wildman–Crippen MR) is 67.6 cm³/mol. The van der Waals surface area contributed by atoms with Crippen molar-refractivity contribution >= 4 is 27.9 Å². The SMILES string of the molecule is CC(CC=O)c1c(Br)cccc1N(C)C. The van der Waals surface area contributed by atoms with E-state index < -0.39 is 0 Å². The van der Waals surface area contributed by atoms with Crippen LogP contribution in [-0.2, 0) is 4.79 Å². The summed E-state index contributed by atoms with van der Waals surface area (Å²) in [6, 6.07) is 6.10. The van der Waals surface area contributed by atoms with Gasteiger partial charge in [-0.15, -0.1) is 0 Å². The Morgan fingerprint density at radius 3 is 2.67 bits per heavy atom. The number of rotatable bonds is 4. The number of hydrogen-bond donors (Lipinski definition) is 0. The summed E-state index contributed by atoms with van der Waals surface area (Å²) in [5.74, 6) is 0.246. The number of halogens is 1. The van der Waals surface area contributed by atoms with Crippen LogP contribution in [-0.4, -0.2) is 20.4 Å². The summed E-state index contributed by atoms with van der Waals surface area (Å²) in [7, 11) is 4.03. The molecule has 82 valence electrons. The molecule has 3 heteroatoms. The van der Waals surface area contributed by atoms with Gasteiger partial charge in [0, 0.05) is 30.7 Å². The minimum absolute atomic E-state index is 0.246. The molecule has 0 amide bonds. The highest BCUT2D eigenvalue weighted by Gasteiger charge is 2.14. The zero-order valence-corrected chi connectivity index (χ0v) is 10.9. The Morgan fingerprint density at radius 1 is 1.47 bits per heavy atom. The summed E-state index contributed by atoms with van der Waals surface area (Å²) in [6.07, 6.45) is 1.53. The Labute approximate surface area is 99.4 Å². The molecule has 0 saturated carbocycles. The van der Waals surface area contributed by atoms with Crippen LogP contribution in [0.4, 0.5) is 5.69 Å². The molecule has 1 aromatic rings. The van der Waals surface area contributed by atoms with E-state index in [-0.39, 0.29) is 5.92 Å². The largest absolute Gasteiger partial charge is 0.377 e. The molecule has 0 radical (unpaired) electrons. The fourth-order valence-electron chi connectivity index (χ4n) is 1.67. The molecule has 1 atom stereocenters. The summed E-state index contributed by atoms with van der Waals surface area (Å²) in [5.41, 5.74) is 2.37. The van der Waals surface area contributed by atoms with Crippen LogP contribution in [0.15, 0.2) is 22.7 Å². The van der Waals surface area contributed by atoms with Crippen LogP contribution < -0.4 is 4.90 Å². The quantitative estimate of drug-likeness (QED) is 0.783. The van der Waals surface area contributed by atoms with Crippen molar-refractivity contribution < 1.29 is 4.79 Å². The molecular weight excluding hydrogens is 254 g/mol. The van der Waals surface area contributed by atoms with Gasteiger partial charge in [0.2, 0.25) is 0 Å². The minimum Gasteiger partial charge on any atom is -0.377 e. The molecule has 15 heavy (non-hydrogen) atoms. The van der Waals surface area contributed by atoms with Crippen LogP contribution in [0, 0.1) is 0 Å². The highest BCUT2D eigenvalue weighted by Crippen LogP contribution is 2.34. The lowest BCUT2D eigenvalue weighted by Gasteiger charge is -2.22. The Morgan fingerprint density at radius 2 is 2.13 bits per heavy atom. The van der Waals surface area contributed by atoms with Gasteiger partial charge in [0.25, 0.3) is 0 Å². The number of benzene rings is 1. The van der Waals surface area contributed by atoms with Crippen molar-refractivity contribution in [2.45, 2.75) is 19.3 Å². The van der Waals surface area contributed by atoms with Gasteiger partial charge in [0.05, 0.1) is 0 Å². The maximum atomic E-state index is 10.6. The Bertz CT molecular complexity index is 349. The molecule has 1 aromatic carbocycles. The van der Waals surface area contributed by atoms with E-state index in [2.05, 4.69) is 33.8 Å². The van der Waals surface area contributed by atoms with Gasteiger partial charge in [-0.25, -0.2) is 0 Å². The van der Waals surface area contributed by atoms with Gasteiger partial charge in [-0.3, -0.25) is 0 Å². The van der Waals surface area contributed by atoms with E-state index >= 15 is 0 Å². The van der Waals surface area contributed by atoms with Gasteiger partial charge < -0.3 is 9.69 Å². The molecule has 0 bridgehead atoms. The normalized spacial score (nSPS) is 12.3.